The van der Waals surface area contributed by atoms with E-state index in [9.17, 15) is 19.5 Å². The summed E-state index contributed by atoms with van der Waals surface area (Å²) in [4.78, 5) is 40.4. The molecular formula is C20H20N2O4S3. The van der Waals surface area contributed by atoms with Crippen LogP contribution in [0.25, 0.3) is 0 Å². The number of allylic oxidation sites excluding steroid dienone is 4. The topological polar surface area (TPSA) is 86.7 Å². The number of β-lactam (4-membered cyclic amide) rings is 1. The first-order chi connectivity index (χ1) is 14.0. The molecule has 9 heteroatoms. The van der Waals surface area contributed by atoms with E-state index < -0.39 is 12.0 Å². The highest BCUT2D eigenvalue weighted by Crippen LogP contribution is 2.42. The van der Waals surface area contributed by atoms with Crippen molar-refractivity contribution < 1.29 is 19.5 Å². The van der Waals surface area contributed by atoms with Gasteiger partial charge in [-0.15, -0.1) is 34.9 Å². The van der Waals surface area contributed by atoms with E-state index >= 15 is 0 Å². The predicted octanol–water partition coefficient (Wildman–Crippen LogP) is 3.00. The number of thioether (sulfide) groups is 2. The Bertz CT molecular complexity index is 920. The number of amides is 2. The first-order valence-electron chi connectivity index (χ1n) is 9.23. The molecule has 29 heavy (non-hydrogen) atoms. The molecule has 0 radical (unpaired) electrons. The molecule has 1 saturated heterocycles. The van der Waals surface area contributed by atoms with Crippen LogP contribution in [0, 0.1) is 0 Å². The van der Waals surface area contributed by atoms with Crippen molar-refractivity contribution in [3.8, 4) is 0 Å². The molecular weight excluding hydrogens is 428 g/mol. The average molecular weight is 449 g/mol. The van der Waals surface area contributed by atoms with E-state index in [-0.39, 0.29) is 29.3 Å². The molecule has 3 heterocycles. The molecule has 0 bridgehead atoms. The van der Waals surface area contributed by atoms with Gasteiger partial charge >= 0.3 is 5.97 Å². The van der Waals surface area contributed by atoms with Gasteiger partial charge in [0.15, 0.2) is 0 Å². The summed E-state index contributed by atoms with van der Waals surface area (Å²) < 4.78 is 0. The molecule has 0 aromatic carbocycles. The fraction of sp³-hybridized carbons (Fsp3) is 0.350. The number of hydrogen-bond acceptors (Lipinski definition) is 6. The predicted molar refractivity (Wildman–Crippen MR) is 117 cm³/mol. The minimum atomic E-state index is -1.08. The third kappa shape index (κ3) is 4.31. The molecule has 6 nitrogen and oxygen atoms in total. The van der Waals surface area contributed by atoms with E-state index in [1.807, 2.05) is 17.5 Å². The summed E-state index contributed by atoms with van der Waals surface area (Å²) in [5, 5.41) is 14.1. The normalized spacial score (nSPS) is 23.4. The first kappa shape index (κ1) is 20.3. The van der Waals surface area contributed by atoms with Crippen LogP contribution >= 0.6 is 34.9 Å². The van der Waals surface area contributed by atoms with Crippen molar-refractivity contribution in [2.24, 2.45) is 0 Å². The lowest BCUT2D eigenvalue weighted by molar-refractivity contribution is -0.150. The molecule has 2 amide bonds. The molecule has 2 N–H and O–H groups in total. The fourth-order valence-electron chi connectivity index (χ4n) is 3.47. The van der Waals surface area contributed by atoms with E-state index in [0.717, 1.165) is 23.3 Å². The molecule has 0 spiro atoms. The number of fused-ring (bicyclic) bond motifs is 1. The number of aliphatic carboxylic acids is 1. The van der Waals surface area contributed by atoms with Gasteiger partial charge in [0.25, 0.3) is 5.91 Å². The zero-order valence-corrected chi connectivity index (χ0v) is 17.9. The van der Waals surface area contributed by atoms with Gasteiger partial charge in [0.1, 0.15) is 17.1 Å². The van der Waals surface area contributed by atoms with Gasteiger partial charge < -0.3 is 10.4 Å². The fourth-order valence-corrected chi connectivity index (χ4v) is 6.67. The average Bonchev–Trinajstić information content (AvgIpc) is 3.23. The maximum atomic E-state index is 12.7. The zero-order chi connectivity index (χ0) is 20.4. The minimum absolute atomic E-state index is 0.0851. The van der Waals surface area contributed by atoms with Crippen LogP contribution in [0.1, 0.15) is 17.7 Å². The lowest BCUT2D eigenvalue weighted by atomic mass is 10.0. The number of nitrogens with zero attached hydrogens (tertiary/aromatic N) is 1. The Kier molecular flexibility index (Phi) is 6.17. The number of thiophene rings is 1. The summed E-state index contributed by atoms with van der Waals surface area (Å²) >= 11 is 4.64. The number of carbonyl (C=O) groups is 3. The second kappa shape index (κ2) is 8.81. The van der Waals surface area contributed by atoms with E-state index in [4.69, 9.17) is 0 Å². The summed E-state index contributed by atoms with van der Waals surface area (Å²) in [5.74, 6) is -0.545. The lowest BCUT2D eigenvalue weighted by Gasteiger charge is -2.49. The second-order valence-corrected chi connectivity index (χ2v) is 10.1. The Morgan fingerprint density at radius 2 is 2.21 bits per heavy atom. The Balaban J connectivity index is 1.42. The van der Waals surface area contributed by atoms with Crippen LogP contribution in [0.5, 0.6) is 0 Å². The maximum absolute atomic E-state index is 12.7. The van der Waals surface area contributed by atoms with Crippen LogP contribution in [-0.2, 0) is 20.8 Å². The van der Waals surface area contributed by atoms with Crippen LogP contribution in [0.15, 0.2) is 51.9 Å². The smallest absolute Gasteiger partial charge is 0.352 e. The van der Waals surface area contributed by atoms with Gasteiger partial charge in [-0.3, -0.25) is 14.5 Å². The van der Waals surface area contributed by atoms with Gasteiger partial charge in [-0.05, 0) is 34.8 Å². The third-order valence-electron chi connectivity index (χ3n) is 4.88. The van der Waals surface area contributed by atoms with Crippen molar-refractivity contribution >= 4 is 52.6 Å². The quantitative estimate of drug-likeness (QED) is 0.493. The highest BCUT2D eigenvalue weighted by molar-refractivity contribution is 8.03. The van der Waals surface area contributed by atoms with E-state index in [0.29, 0.717) is 11.5 Å². The molecule has 1 aromatic heterocycles. The Labute approximate surface area is 181 Å². The molecule has 152 valence electrons. The molecule has 0 saturated carbocycles. The van der Waals surface area contributed by atoms with Gasteiger partial charge in [0, 0.05) is 16.4 Å². The summed E-state index contributed by atoms with van der Waals surface area (Å²) in [6.07, 6.45) is 8.38. The van der Waals surface area contributed by atoms with Gasteiger partial charge in [0.2, 0.25) is 5.91 Å². The van der Waals surface area contributed by atoms with Gasteiger partial charge in [-0.2, -0.15) is 0 Å². The Hall–Kier alpha value is -1.97. The van der Waals surface area contributed by atoms with Crippen molar-refractivity contribution in [3.05, 3.63) is 56.8 Å². The van der Waals surface area contributed by atoms with Gasteiger partial charge in [-0.25, -0.2) is 4.79 Å². The standard InChI is InChI=1S/C20H20N2O4S3/c23-15(9-14-7-4-8-27-14)21-16-18(24)22-17(20(25)26)12(11-29-19(16)22)10-28-13-5-2-1-3-6-13/h1-2,4,6-8,16,19H,3,5,9-11H2,(H,21,23)(H,25,26). The molecule has 2 unspecified atom stereocenters. The number of nitrogens with one attached hydrogen (secondary N) is 1. The largest absolute Gasteiger partial charge is 0.477 e. The second-order valence-electron chi connectivity index (χ2n) is 6.84. The highest BCUT2D eigenvalue weighted by Gasteiger charge is 2.54. The lowest BCUT2D eigenvalue weighted by Crippen LogP contribution is -2.70. The summed E-state index contributed by atoms with van der Waals surface area (Å²) in [5.41, 5.74) is 0.845. The van der Waals surface area contributed by atoms with Gasteiger partial charge in [-0.1, -0.05) is 24.3 Å². The van der Waals surface area contributed by atoms with Crippen LogP contribution in [0.3, 0.4) is 0 Å². The van der Waals surface area contributed by atoms with Crippen molar-refractivity contribution in [1.82, 2.24) is 10.2 Å². The number of carboxylic acid groups (broad SMARTS) is 1. The highest BCUT2D eigenvalue weighted by atomic mass is 32.2. The van der Waals surface area contributed by atoms with E-state index in [2.05, 4.69) is 23.5 Å². The molecule has 1 aromatic rings. The SMILES string of the molecule is O=C(Cc1cccs1)NC1C(=O)N2C(C(=O)O)=C(CSC3=CCC=CC3)CSC12. The van der Waals surface area contributed by atoms with Gasteiger partial charge in [0.05, 0.1) is 6.42 Å². The zero-order valence-electron chi connectivity index (χ0n) is 15.5. The van der Waals surface area contributed by atoms with Crippen molar-refractivity contribution in [3.63, 3.8) is 0 Å². The molecule has 3 aliphatic rings. The molecule has 2 aliphatic heterocycles. The summed E-state index contributed by atoms with van der Waals surface area (Å²) in [6, 6.07) is 3.09. The Morgan fingerprint density at radius 1 is 1.34 bits per heavy atom. The minimum Gasteiger partial charge on any atom is -0.477 e. The van der Waals surface area contributed by atoms with Crippen LogP contribution in [-0.4, -0.2) is 50.7 Å². The summed E-state index contributed by atoms with van der Waals surface area (Å²) in [7, 11) is 0. The van der Waals surface area contributed by atoms with Crippen molar-refractivity contribution in [2.75, 3.05) is 11.5 Å². The summed E-state index contributed by atoms with van der Waals surface area (Å²) in [6.45, 7) is 0. The van der Waals surface area contributed by atoms with Crippen molar-refractivity contribution in [2.45, 2.75) is 30.7 Å². The third-order valence-corrected chi connectivity index (χ3v) is 8.29. The molecule has 1 aliphatic carbocycles. The number of carboxylic acids is 1. The number of hydrogen-bond donors (Lipinski definition) is 2. The van der Waals surface area contributed by atoms with Crippen LogP contribution in [0.4, 0.5) is 0 Å². The van der Waals surface area contributed by atoms with E-state index in [1.165, 1.54) is 32.9 Å². The van der Waals surface area contributed by atoms with E-state index in [1.54, 1.807) is 11.8 Å². The number of carbonyl (C=O) groups excluding carboxylic acids is 2. The maximum Gasteiger partial charge on any atom is 0.352 e. The van der Waals surface area contributed by atoms with Crippen LogP contribution < -0.4 is 5.32 Å². The molecule has 2 atom stereocenters. The van der Waals surface area contributed by atoms with Crippen LogP contribution in [0.2, 0.25) is 0 Å². The Morgan fingerprint density at radius 3 is 2.90 bits per heavy atom. The first-order valence-corrected chi connectivity index (χ1v) is 12.1. The molecule has 1 fully saturated rings. The molecule has 4 rings (SSSR count). The number of rotatable bonds is 7. The van der Waals surface area contributed by atoms with Crippen molar-refractivity contribution in [1.29, 1.82) is 0 Å². The monoisotopic (exact) mass is 448 g/mol.